The zero-order valence-electron chi connectivity index (χ0n) is 15.5. The van der Waals surface area contributed by atoms with Crippen LogP contribution in [0.4, 0.5) is 16.5 Å². The van der Waals surface area contributed by atoms with Gasteiger partial charge in [-0.3, -0.25) is 19.8 Å². The van der Waals surface area contributed by atoms with Crippen molar-refractivity contribution in [3.05, 3.63) is 75.3 Å². The number of carbonyl (C=O) groups excluding carboxylic acids is 1. The van der Waals surface area contributed by atoms with Crippen LogP contribution in [0.15, 0.2) is 53.9 Å². The predicted molar refractivity (Wildman–Crippen MR) is 108 cm³/mol. The first-order valence-electron chi connectivity index (χ1n) is 8.69. The molecule has 0 N–H and O–H groups in total. The number of nitro groups is 1. The van der Waals surface area contributed by atoms with E-state index in [4.69, 9.17) is 4.74 Å². The van der Waals surface area contributed by atoms with Gasteiger partial charge in [0.2, 0.25) is 5.91 Å². The van der Waals surface area contributed by atoms with E-state index < -0.39 is 4.92 Å². The highest BCUT2D eigenvalue weighted by atomic mass is 32.1. The van der Waals surface area contributed by atoms with Gasteiger partial charge < -0.3 is 4.74 Å². The predicted octanol–water partition coefficient (Wildman–Crippen LogP) is 4.88. The Morgan fingerprint density at radius 2 is 1.86 bits per heavy atom. The third kappa shape index (κ3) is 4.52. The van der Waals surface area contributed by atoms with E-state index in [-0.39, 0.29) is 18.2 Å². The maximum absolute atomic E-state index is 12.2. The fraction of sp³-hybridized carbons (Fsp3) is 0.200. The van der Waals surface area contributed by atoms with Gasteiger partial charge in [0.05, 0.1) is 16.3 Å². The third-order valence-corrected chi connectivity index (χ3v) is 4.96. The Morgan fingerprint density at radius 3 is 2.43 bits per heavy atom. The molecule has 0 saturated carbocycles. The van der Waals surface area contributed by atoms with E-state index in [0.29, 0.717) is 16.6 Å². The minimum absolute atomic E-state index is 0.00878. The molecular weight excluding hydrogens is 378 g/mol. The molecule has 8 heteroatoms. The Bertz CT molecular complexity index is 968. The number of ether oxygens (including phenoxy) is 1. The number of hydrogen-bond acceptors (Lipinski definition) is 6. The molecule has 1 amide bonds. The lowest BCUT2D eigenvalue weighted by Crippen LogP contribution is -2.22. The SMILES string of the molecule is CCc1ccc(N(C(C)=O)c2nc(COc3ccc([N+](=O)[O-])cc3)cs2)cc1. The highest BCUT2D eigenvalue weighted by Gasteiger charge is 2.18. The van der Waals surface area contributed by atoms with Crippen LogP contribution < -0.4 is 9.64 Å². The number of aromatic nitrogens is 1. The molecule has 0 fully saturated rings. The van der Waals surface area contributed by atoms with Crippen LogP contribution in [0.25, 0.3) is 0 Å². The highest BCUT2D eigenvalue weighted by Crippen LogP contribution is 2.29. The average Bonchev–Trinajstić information content (AvgIpc) is 3.15. The highest BCUT2D eigenvalue weighted by molar-refractivity contribution is 7.14. The molecule has 0 aliphatic carbocycles. The molecule has 7 nitrogen and oxygen atoms in total. The van der Waals surface area contributed by atoms with E-state index in [9.17, 15) is 14.9 Å². The second-order valence-electron chi connectivity index (χ2n) is 6.04. The smallest absolute Gasteiger partial charge is 0.269 e. The molecule has 1 heterocycles. The van der Waals surface area contributed by atoms with E-state index >= 15 is 0 Å². The van der Waals surface area contributed by atoms with Crippen molar-refractivity contribution in [2.24, 2.45) is 0 Å². The first kappa shape index (κ1) is 19.5. The van der Waals surface area contributed by atoms with E-state index in [0.717, 1.165) is 12.1 Å². The molecule has 144 valence electrons. The summed E-state index contributed by atoms with van der Waals surface area (Å²) in [7, 11) is 0. The molecule has 0 spiro atoms. The standard InChI is InChI=1S/C20H19N3O4S/c1-3-15-4-6-17(7-5-15)22(14(2)24)20-21-16(13-28-20)12-27-19-10-8-18(9-11-19)23(25)26/h4-11,13H,3,12H2,1-2H3. The van der Waals surface area contributed by atoms with Crippen molar-refractivity contribution in [3.8, 4) is 5.75 Å². The number of anilines is 2. The number of rotatable bonds is 7. The molecule has 28 heavy (non-hydrogen) atoms. The van der Waals surface area contributed by atoms with Crippen molar-refractivity contribution in [2.45, 2.75) is 26.9 Å². The van der Waals surface area contributed by atoms with Crippen molar-refractivity contribution in [1.29, 1.82) is 0 Å². The van der Waals surface area contributed by atoms with Gasteiger partial charge in [0.15, 0.2) is 5.13 Å². The Kier molecular flexibility index (Phi) is 6.00. The van der Waals surface area contributed by atoms with Gasteiger partial charge in [-0.05, 0) is 36.2 Å². The summed E-state index contributed by atoms with van der Waals surface area (Å²) in [5.41, 5.74) is 2.65. The van der Waals surface area contributed by atoms with Crippen LogP contribution >= 0.6 is 11.3 Å². The molecule has 0 radical (unpaired) electrons. The van der Waals surface area contributed by atoms with Gasteiger partial charge in [-0.15, -0.1) is 11.3 Å². The summed E-state index contributed by atoms with van der Waals surface area (Å²) in [6, 6.07) is 13.7. The number of benzene rings is 2. The number of nitrogens with zero attached hydrogens (tertiary/aromatic N) is 3. The Balaban J connectivity index is 1.71. The number of non-ortho nitro benzene ring substituents is 1. The van der Waals surface area contributed by atoms with Crippen molar-refractivity contribution < 1.29 is 14.5 Å². The molecule has 0 saturated heterocycles. The van der Waals surface area contributed by atoms with Crippen LogP contribution in [0.2, 0.25) is 0 Å². The second-order valence-corrected chi connectivity index (χ2v) is 6.87. The summed E-state index contributed by atoms with van der Waals surface area (Å²) < 4.78 is 5.63. The van der Waals surface area contributed by atoms with Crippen molar-refractivity contribution in [1.82, 2.24) is 4.98 Å². The molecule has 1 aromatic heterocycles. The number of carbonyl (C=O) groups is 1. The molecule has 0 aliphatic rings. The van der Waals surface area contributed by atoms with Gasteiger partial charge in [0, 0.05) is 24.4 Å². The number of hydrogen-bond donors (Lipinski definition) is 0. The minimum Gasteiger partial charge on any atom is -0.487 e. The lowest BCUT2D eigenvalue weighted by atomic mass is 10.1. The molecule has 3 rings (SSSR count). The maximum atomic E-state index is 12.2. The molecule has 0 aliphatic heterocycles. The number of thiazole rings is 1. The van der Waals surface area contributed by atoms with E-state index in [1.807, 2.05) is 29.6 Å². The monoisotopic (exact) mass is 397 g/mol. The zero-order valence-corrected chi connectivity index (χ0v) is 16.3. The fourth-order valence-corrected chi connectivity index (χ4v) is 3.47. The Labute approximate surface area is 166 Å². The minimum atomic E-state index is -0.458. The number of aryl methyl sites for hydroxylation is 1. The molecule has 0 unspecified atom stereocenters. The number of nitro benzene ring substituents is 1. The first-order valence-corrected chi connectivity index (χ1v) is 9.57. The van der Waals surface area contributed by atoms with Gasteiger partial charge in [0.1, 0.15) is 12.4 Å². The van der Waals surface area contributed by atoms with Gasteiger partial charge in [0.25, 0.3) is 5.69 Å². The second kappa shape index (κ2) is 8.62. The molecule has 3 aromatic rings. The average molecular weight is 397 g/mol. The first-order chi connectivity index (χ1) is 13.5. The van der Waals surface area contributed by atoms with Crippen molar-refractivity contribution in [3.63, 3.8) is 0 Å². The third-order valence-electron chi connectivity index (χ3n) is 4.08. The fourth-order valence-electron chi connectivity index (χ4n) is 2.59. The Hall–Kier alpha value is -3.26. The van der Waals surface area contributed by atoms with Crippen molar-refractivity contribution in [2.75, 3.05) is 4.90 Å². The largest absolute Gasteiger partial charge is 0.487 e. The van der Waals surface area contributed by atoms with Crippen LogP contribution in [0, 0.1) is 10.1 Å². The van der Waals surface area contributed by atoms with Gasteiger partial charge in [-0.25, -0.2) is 4.98 Å². The Morgan fingerprint density at radius 1 is 1.18 bits per heavy atom. The summed E-state index contributed by atoms with van der Waals surface area (Å²) in [6.45, 7) is 3.78. The van der Waals surface area contributed by atoms with Crippen LogP contribution in [-0.4, -0.2) is 15.8 Å². The van der Waals surface area contributed by atoms with E-state index in [1.54, 1.807) is 17.0 Å². The summed E-state index contributed by atoms with van der Waals surface area (Å²) >= 11 is 1.36. The zero-order chi connectivity index (χ0) is 20.1. The molecule has 2 aromatic carbocycles. The lowest BCUT2D eigenvalue weighted by Gasteiger charge is -2.18. The van der Waals surface area contributed by atoms with Crippen LogP contribution in [0.5, 0.6) is 5.75 Å². The van der Waals surface area contributed by atoms with Crippen LogP contribution in [0.3, 0.4) is 0 Å². The van der Waals surface area contributed by atoms with Gasteiger partial charge in [-0.1, -0.05) is 19.1 Å². The van der Waals surface area contributed by atoms with Crippen LogP contribution in [-0.2, 0) is 17.8 Å². The topological polar surface area (TPSA) is 85.6 Å². The van der Waals surface area contributed by atoms with E-state index in [1.165, 1.54) is 36.0 Å². The lowest BCUT2D eigenvalue weighted by molar-refractivity contribution is -0.384. The maximum Gasteiger partial charge on any atom is 0.269 e. The van der Waals surface area contributed by atoms with Crippen LogP contribution in [0.1, 0.15) is 25.1 Å². The van der Waals surface area contributed by atoms with Gasteiger partial charge in [-0.2, -0.15) is 0 Å². The normalized spacial score (nSPS) is 10.5. The van der Waals surface area contributed by atoms with Crippen molar-refractivity contribution >= 4 is 33.8 Å². The quantitative estimate of drug-likeness (QED) is 0.419. The summed E-state index contributed by atoms with van der Waals surface area (Å²) in [5, 5.41) is 13.1. The van der Waals surface area contributed by atoms with Gasteiger partial charge >= 0.3 is 0 Å². The summed E-state index contributed by atoms with van der Waals surface area (Å²) in [6.07, 6.45) is 0.932. The summed E-state index contributed by atoms with van der Waals surface area (Å²) in [5.74, 6) is 0.389. The molecular formula is C20H19N3O4S. The van der Waals surface area contributed by atoms with E-state index in [2.05, 4.69) is 11.9 Å². The summed E-state index contributed by atoms with van der Waals surface area (Å²) in [4.78, 5) is 28.5. The molecule has 0 bridgehead atoms. The number of amides is 1. The molecule has 0 atom stereocenters.